The highest BCUT2D eigenvalue weighted by Gasteiger charge is 2.62. The number of methoxy groups -OCH3 is 1. The lowest BCUT2D eigenvalue weighted by Gasteiger charge is -2.54. The van der Waals surface area contributed by atoms with Gasteiger partial charge in [0, 0.05) is 69.5 Å². The van der Waals surface area contributed by atoms with Gasteiger partial charge in [0.15, 0.2) is 0 Å². The minimum Gasteiger partial charge on any atom is -0.382 e. The first kappa shape index (κ1) is 84.3. The summed E-state index contributed by atoms with van der Waals surface area (Å²) in [6, 6.07) is -10.8. The first-order valence-corrected chi connectivity index (χ1v) is 37.5. The molecule has 3 aliphatic heterocycles. The van der Waals surface area contributed by atoms with E-state index in [2.05, 4.69) is 28.2 Å². The van der Waals surface area contributed by atoms with Crippen molar-refractivity contribution < 1.29 is 84.2 Å². The van der Waals surface area contributed by atoms with Gasteiger partial charge in [-0.05, 0) is 117 Å². The SMILES string of the molecule is CCC(CC)[C@H]1C(=O)N(C)[C@H](C(=O)NC)CC(=O)N(C)[C@@H](COC)C(=O)N[C@@H]([C@@H](C)CC)C(=O)N(C)CC(=O)N(C)[C@H]2C/C=C\CCN(C2=O)[C@@H](CC2CCC(C)CC2)C(=O)N(C)CC(=O)N[C@@H](CCC2CC(F)C(C(F)(F)F)C(F)C2)C(=O)N2CC3(CC3)C[C@H]2C(=O)NC2(CC(C)(C)C2)C(=O)N1C. The predicted molar refractivity (Wildman–Crippen MR) is 376 cm³/mol. The Hall–Kier alpha value is -7.01. The van der Waals surface area contributed by atoms with Crippen LogP contribution in [0.2, 0.25) is 0 Å². The Morgan fingerprint density at radius 2 is 1.31 bits per heavy atom. The van der Waals surface area contributed by atoms with E-state index in [1.807, 2.05) is 33.8 Å². The Labute approximate surface area is 610 Å². The Kier molecular flexibility index (Phi) is 28.5. The third-order valence-corrected chi connectivity index (χ3v) is 24.0. The zero-order valence-corrected chi connectivity index (χ0v) is 63.8. The maximum Gasteiger partial charge on any atom is 0.397 e. The molecular formula is C74H117F5N12O13. The van der Waals surface area contributed by atoms with E-state index < -0.39 is 217 Å². The van der Waals surface area contributed by atoms with E-state index in [1.54, 1.807) is 19.9 Å². The van der Waals surface area contributed by atoms with Gasteiger partial charge in [-0.2, -0.15) is 13.2 Å². The average Bonchev–Trinajstić information content (AvgIpc) is 1.30. The Bertz CT molecular complexity index is 3140. The summed E-state index contributed by atoms with van der Waals surface area (Å²) < 4.78 is 78.3. The van der Waals surface area contributed by atoms with Crippen LogP contribution in [0.3, 0.4) is 0 Å². The predicted octanol–water partition coefficient (Wildman–Crippen LogP) is 5.32. The number of carbonyl (C=O) groups is 12. The van der Waals surface area contributed by atoms with Gasteiger partial charge in [0.05, 0.1) is 26.1 Å². The molecular weight excluding hydrogens is 1360 g/mol. The number of hydrogen-bond acceptors (Lipinski definition) is 13. The fourth-order valence-corrected chi connectivity index (χ4v) is 17.2. The largest absolute Gasteiger partial charge is 0.397 e. The van der Waals surface area contributed by atoms with Crippen LogP contribution in [-0.2, 0) is 62.3 Å². The number of likely N-dealkylation sites (N-methyl/N-ethyl adjacent to an activating group) is 7. The maximum atomic E-state index is 15.7. The molecule has 4 saturated carbocycles. The maximum absolute atomic E-state index is 15.7. The lowest BCUT2D eigenvalue weighted by molar-refractivity contribution is -0.219. The number of alkyl halides is 5. The molecule has 7 rings (SSSR count). The second-order valence-electron chi connectivity index (χ2n) is 32.3. The summed E-state index contributed by atoms with van der Waals surface area (Å²) in [4.78, 5) is 190. The smallest absolute Gasteiger partial charge is 0.382 e. The molecule has 0 aromatic rings. The van der Waals surface area contributed by atoms with E-state index >= 15 is 37.5 Å². The molecule has 30 heteroatoms. The summed E-state index contributed by atoms with van der Waals surface area (Å²) in [5.74, 6) is -13.4. The van der Waals surface area contributed by atoms with Gasteiger partial charge in [0.2, 0.25) is 70.9 Å². The van der Waals surface area contributed by atoms with Crippen molar-refractivity contribution in [1.82, 2.24) is 60.5 Å². The molecule has 3 heterocycles. The third kappa shape index (κ3) is 19.6. The van der Waals surface area contributed by atoms with Crippen LogP contribution in [0.25, 0.3) is 0 Å². The monoisotopic (exact) mass is 1480 g/mol. The molecule has 0 radical (unpaired) electrons. The van der Waals surface area contributed by atoms with Gasteiger partial charge < -0.3 is 65.2 Å². The molecule has 586 valence electrons. The molecule has 2 spiro atoms. The van der Waals surface area contributed by atoms with Crippen LogP contribution in [0, 0.1) is 46.3 Å². The summed E-state index contributed by atoms with van der Waals surface area (Å²) in [7, 11) is 10.8. The molecule has 2 bridgehead atoms. The number of hydrogen-bond donors (Lipinski definition) is 4. The molecule has 0 aromatic carbocycles. The minimum atomic E-state index is -5.17. The van der Waals surface area contributed by atoms with Crippen LogP contribution in [0.1, 0.15) is 177 Å². The Morgan fingerprint density at radius 3 is 1.87 bits per heavy atom. The second-order valence-corrected chi connectivity index (χ2v) is 32.3. The van der Waals surface area contributed by atoms with Crippen molar-refractivity contribution >= 4 is 70.9 Å². The van der Waals surface area contributed by atoms with Crippen molar-refractivity contribution in [1.29, 1.82) is 0 Å². The number of nitrogens with zero attached hydrogens (tertiary/aromatic N) is 8. The van der Waals surface area contributed by atoms with Crippen LogP contribution in [-0.4, -0.2) is 272 Å². The first-order chi connectivity index (χ1) is 48.7. The number of rotatable bonds is 13. The summed E-state index contributed by atoms with van der Waals surface area (Å²) >= 11 is 0. The highest BCUT2D eigenvalue weighted by atomic mass is 19.4. The quantitative estimate of drug-likeness (QED) is 0.134. The third-order valence-electron chi connectivity index (χ3n) is 24.0. The Morgan fingerprint density at radius 1 is 0.692 bits per heavy atom. The number of fused-ring (bicyclic) bond motifs is 3. The number of halogens is 5. The summed E-state index contributed by atoms with van der Waals surface area (Å²) in [6.45, 7) is 11.4. The summed E-state index contributed by atoms with van der Waals surface area (Å²) in [5.41, 5.74) is -2.81. The van der Waals surface area contributed by atoms with Gasteiger partial charge in [-0.3, -0.25) is 57.5 Å². The van der Waals surface area contributed by atoms with Gasteiger partial charge in [0.25, 0.3) is 0 Å². The highest BCUT2D eigenvalue weighted by Crippen LogP contribution is 2.56. The molecule has 25 nitrogen and oxygen atoms in total. The number of carbonyl (C=O) groups excluding carboxylic acids is 12. The molecule has 104 heavy (non-hydrogen) atoms. The Balaban J connectivity index is 1.32. The van der Waals surface area contributed by atoms with E-state index in [4.69, 9.17) is 4.74 Å². The van der Waals surface area contributed by atoms with E-state index in [0.29, 0.717) is 44.4 Å². The number of ether oxygens (including phenoxy) is 1. The van der Waals surface area contributed by atoms with Gasteiger partial charge in [-0.1, -0.05) is 106 Å². The topological polar surface area (TPSA) is 288 Å². The van der Waals surface area contributed by atoms with Crippen molar-refractivity contribution in [3.05, 3.63) is 12.2 Å². The molecule has 7 aliphatic rings. The standard InChI is InChI=1S/C74H117F5N12O13/c1-16-44(5)60-68(101)85(10)38-58(94)86(11)51-22-20-19-21-31-90(67(51)100)53(34-45-25-23-43(4)24-26-45)66(99)84(9)37-56(92)81-50(28-27-46-32-48(75)59(49(76)33-46)74(77,78)79)65(98)91-42-72(29-30-72)36-54(91)64(97)83-73(40-71(6,7)41-73)70(103)89(14)61(47(17-2)18-3)69(102)88(13)52(62(95)80-8)35-57(93)87(12)55(39-104-15)63(96)82-60/h19-20,43-55,59-61H,16-18,21-42H2,1-15H3,(H,80,95)(H,81,92)(H,82,96)(H,83,97)/b20-19-/t43?,44-,45?,46?,48?,49?,50-,51-,52-,53-,54-,55-,59?,60-,61-/m0/s1. The minimum absolute atomic E-state index is 0.00935. The molecule has 2 saturated heterocycles. The number of nitrogens with one attached hydrogen (secondary N) is 4. The van der Waals surface area contributed by atoms with E-state index in [9.17, 15) is 41.9 Å². The van der Waals surface area contributed by atoms with Crippen LogP contribution in [0.4, 0.5) is 22.0 Å². The van der Waals surface area contributed by atoms with Crippen LogP contribution < -0.4 is 21.3 Å². The van der Waals surface area contributed by atoms with Crippen molar-refractivity contribution in [2.24, 2.45) is 46.3 Å². The molecule has 4 aliphatic carbocycles. The van der Waals surface area contributed by atoms with E-state index in [1.165, 1.54) is 76.0 Å². The van der Waals surface area contributed by atoms with Gasteiger partial charge in [-0.15, -0.1) is 0 Å². The normalized spacial score (nSPS) is 32.3. The van der Waals surface area contributed by atoms with Crippen LogP contribution in [0.5, 0.6) is 0 Å². The molecule has 2 unspecified atom stereocenters. The van der Waals surface area contributed by atoms with E-state index in [0.717, 1.165) is 45.3 Å². The van der Waals surface area contributed by atoms with Crippen molar-refractivity contribution in [2.45, 2.75) is 249 Å². The summed E-state index contributed by atoms with van der Waals surface area (Å²) in [6.07, 6.45) is -3.31. The summed E-state index contributed by atoms with van der Waals surface area (Å²) in [5, 5.41) is 11.1. The van der Waals surface area contributed by atoms with Crippen molar-refractivity contribution in [3.63, 3.8) is 0 Å². The van der Waals surface area contributed by atoms with Crippen LogP contribution in [0.15, 0.2) is 12.2 Å². The molecule has 12 amide bonds. The molecule has 6 fully saturated rings. The highest BCUT2D eigenvalue weighted by molar-refractivity contribution is 6.01. The molecule has 4 N–H and O–H groups in total. The van der Waals surface area contributed by atoms with E-state index in [-0.39, 0.29) is 64.0 Å². The fraction of sp³-hybridized carbons (Fsp3) is 0.811. The molecule has 0 aromatic heterocycles. The zero-order chi connectivity index (χ0) is 77.4. The van der Waals surface area contributed by atoms with Gasteiger partial charge in [-0.25, -0.2) is 8.78 Å². The van der Waals surface area contributed by atoms with Gasteiger partial charge >= 0.3 is 6.18 Å². The lowest BCUT2D eigenvalue weighted by Crippen LogP contribution is -2.71. The molecule has 11 atom stereocenters. The number of amides is 12. The first-order valence-electron chi connectivity index (χ1n) is 37.5. The lowest BCUT2D eigenvalue weighted by atomic mass is 9.58. The average molecular weight is 1480 g/mol. The fourth-order valence-electron chi connectivity index (χ4n) is 17.2. The van der Waals surface area contributed by atoms with Crippen molar-refractivity contribution in [2.75, 3.05) is 89.2 Å². The van der Waals surface area contributed by atoms with Gasteiger partial charge in [0.1, 0.15) is 72.1 Å². The van der Waals surface area contributed by atoms with Crippen LogP contribution >= 0.6 is 0 Å². The zero-order valence-electron chi connectivity index (χ0n) is 63.8. The second kappa shape index (κ2) is 35.1. The van der Waals surface area contributed by atoms with Crippen molar-refractivity contribution in [3.8, 4) is 0 Å².